The van der Waals surface area contributed by atoms with Gasteiger partial charge in [0.1, 0.15) is 11.8 Å². The minimum absolute atomic E-state index is 0.00847. The van der Waals surface area contributed by atoms with Gasteiger partial charge in [-0.1, -0.05) is 35.5 Å². The molecule has 1 heterocycles. The first kappa shape index (κ1) is 15.3. The Bertz CT molecular complexity index is 571. The van der Waals surface area contributed by atoms with Crippen molar-refractivity contribution in [2.45, 2.75) is 19.3 Å². The molecule has 2 aromatic rings. The fourth-order valence-corrected chi connectivity index (χ4v) is 1.96. The van der Waals surface area contributed by atoms with Gasteiger partial charge in [0, 0.05) is 0 Å². The molecular formula is C14H17N3O4. The van der Waals surface area contributed by atoms with E-state index in [2.05, 4.69) is 10.3 Å². The van der Waals surface area contributed by atoms with Crippen LogP contribution in [0, 0.1) is 0 Å². The number of aldehydes is 1. The van der Waals surface area contributed by atoms with Crippen LogP contribution in [0.5, 0.6) is 0 Å². The van der Waals surface area contributed by atoms with E-state index in [0.717, 1.165) is 5.56 Å². The van der Waals surface area contributed by atoms with Gasteiger partial charge in [-0.05, 0) is 5.56 Å². The highest BCUT2D eigenvalue weighted by molar-refractivity contribution is 5.73. The van der Waals surface area contributed by atoms with Crippen LogP contribution in [0.4, 0.5) is 0 Å². The summed E-state index contributed by atoms with van der Waals surface area (Å²) in [5.74, 6) is 0. The van der Waals surface area contributed by atoms with Crippen LogP contribution >= 0.6 is 0 Å². The molecule has 2 N–H and O–H groups in total. The zero-order valence-corrected chi connectivity index (χ0v) is 11.4. The standard InChI is InChI=1S/C14H17N3O4/c18-7-6-17-14(12(8-19)15-16-17)13(20)10-21-9-11-4-2-1-3-5-11/h1-5,8,13,18,20H,6-7,9-10H2. The van der Waals surface area contributed by atoms with E-state index in [0.29, 0.717) is 12.9 Å². The minimum atomic E-state index is -1.03. The zero-order chi connectivity index (χ0) is 15.1. The van der Waals surface area contributed by atoms with E-state index in [1.165, 1.54) is 4.68 Å². The molecule has 0 aliphatic heterocycles. The van der Waals surface area contributed by atoms with Gasteiger partial charge in [0.2, 0.25) is 0 Å². The molecular weight excluding hydrogens is 274 g/mol. The Labute approximate surface area is 121 Å². The lowest BCUT2D eigenvalue weighted by atomic mass is 10.2. The number of nitrogens with zero attached hydrogens (tertiary/aromatic N) is 3. The molecule has 0 spiro atoms. The van der Waals surface area contributed by atoms with E-state index in [1.807, 2.05) is 30.3 Å². The van der Waals surface area contributed by atoms with Crippen molar-refractivity contribution in [3.05, 3.63) is 47.3 Å². The average Bonchev–Trinajstić information content (AvgIpc) is 2.91. The van der Waals surface area contributed by atoms with Crippen molar-refractivity contribution in [3.63, 3.8) is 0 Å². The van der Waals surface area contributed by atoms with E-state index in [4.69, 9.17) is 9.84 Å². The Hall–Kier alpha value is -2.09. The number of aliphatic hydroxyl groups is 2. The Balaban J connectivity index is 1.97. The number of aliphatic hydroxyl groups excluding tert-OH is 2. The molecule has 0 fully saturated rings. The summed E-state index contributed by atoms with van der Waals surface area (Å²) in [4.78, 5) is 10.9. The van der Waals surface area contributed by atoms with Gasteiger partial charge in [-0.25, -0.2) is 4.68 Å². The first-order valence-electron chi connectivity index (χ1n) is 6.55. The summed E-state index contributed by atoms with van der Waals surface area (Å²) in [6.07, 6.45) is -0.508. The first-order chi connectivity index (χ1) is 10.3. The van der Waals surface area contributed by atoms with Crippen LogP contribution in [0.3, 0.4) is 0 Å². The molecule has 1 unspecified atom stereocenters. The number of benzene rings is 1. The third-order valence-corrected chi connectivity index (χ3v) is 2.93. The van der Waals surface area contributed by atoms with Crippen LogP contribution in [-0.2, 0) is 17.9 Å². The second-order valence-electron chi connectivity index (χ2n) is 4.44. The second-order valence-corrected chi connectivity index (χ2v) is 4.44. The van der Waals surface area contributed by atoms with Crippen molar-refractivity contribution >= 4 is 6.29 Å². The number of aromatic nitrogens is 3. The van der Waals surface area contributed by atoms with Crippen molar-refractivity contribution in [3.8, 4) is 0 Å². The molecule has 0 radical (unpaired) electrons. The molecule has 21 heavy (non-hydrogen) atoms. The van der Waals surface area contributed by atoms with Gasteiger partial charge in [0.25, 0.3) is 0 Å². The van der Waals surface area contributed by atoms with Crippen LogP contribution in [0.2, 0.25) is 0 Å². The summed E-state index contributed by atoms with van der Waals surface area (Å²) in [5, 5.41) is 26.5. The summed E-state index contributed by atoms with van der Waals surface area (Å²) in [7, 11) is 0. The molecule has 0 aliphatic carbocycles. The molecule has 1 atom stereocenters. The van der Waals surface area contributed by atoms with Crippen LogP contribution in [-0.4, -0.2) is 44.7 Å². The number of carbonyl (C=O) groups excluding carboxylic acids is 1. The lowest BCUT2D eigenvalue weighted by Gasteiger charge is -2.13. The molecule has 7 nitrogen and oxygen atoms in total. The maximum absolute atomic E-state index is 10.9. The van der Waals surface area contributed by atoms with Crippen molar-refractivity contribution < 1.29 is 19.7 Å². The summed E-state index contributed by atoms with van der Waals surface area (Å²) >= 11 is 0. The Kier molecular flexibility index (Phi) is 5.56. The highest BCUT2D eigenvalue weighted by atomic mass is 16.5. The van der Waals surface area contributed by atoms with Gasteiger partial charge in [-0.15, -0.1) is 5.10 Å². The molecule has 0 amide bonds. The van der Waals surface area contributed by atoms with Crippen molar-refractivity contribution in [2.75, 3.05) is 13.2 Å². The van der Waals surface area contributed by atoms with Crippen LogP contribution in [0.15, 0.2) is 30.3 Å². The van der Waals surface area contributed by atoms with E-state index < -0.39 is 6.10 Å². The third kappa shape index (κ3) is 3.94. The normalized spacial score (nSPS) is 12.3. The number of hydrogen-bond donors (Lipinski definition) is 2. The van der Waals surface area contributed by atoms with Gasteiger partial charge >= 0.3 is 0 Å². The maximum Gasteiger partial charge on any atom is 0.172 e. The van der Waals surface area contributed by atoms with Gasteiger partial charge in [-0.3, -0.25) is 4.79 Å². The molecule has 1 aromatic carbocycles. The average molecular weight is 291 g/mol. The first-order valence-corrected chi connectivity index (χ1v) is 6.55. The lowest BCUT2D eigenvalue weighted by molar-refractivity contribution is 0.0227. The summed E-state index contributed by atoms with van der Waals surface area (Å²) in [6, 6.07) is 9.55. The second kappa shape index (κ2) is 7.63. The number of carbonyl (C=O) groups is 1. The Morgan fingerprint density at radius 2 is 2.10 bits per heavy atom. The van der Waals surface area contributed by atoms with Crippen molar-refractivity contribution in [2.24, 2.45) is 0 Å². The molecule has 1 aromatic heterocycles. The van der Waals surface area contributed by atoms with Crippen molar-refractivity contribution in [1.29, 1.82) is 0 Å². The predicted octanol–water partition coefficient (Wildman–Crippen LogP) is 0.333. The van der Waals surface area contributed by atoms with E-state index >= 15 is 0 Å². The molecule has 2 rings (SSSR count). The molecule has 0 saturated heterocycles. The zero-order valence-electron chi connectivity index (χ0n) is 11.4. The smallest absolute Gasteiger partial charge is 0.172 e. The number of rotatable bonds is 8. The highest BCUT2D eigenvalue weighted by Crippen LogP contribution is 2.16. The van der Waals surface area contributed by atoms with Gasteiger partial charge in [0.05, 0.1) is 26.4 Å². The SMILES string of the molecule is O=Cc1nnn(CCO)c1C(O)COCc1ccccc1. The molecule has 0 aliphatic rings. The van der Waals surface area contributed by atoms with E-state index in [-0.39, 0.29) is 31.1 Å². The monoisotopic (exact) mass is 291 g/mol. The maximum atomic E-state index is 10.9. The molecule has 0 saturated carbocycles. The molecule has 7 heteroatoms. The fourth-order valence-electron chi connectivity index (χ4n) is 1.96. The topological polar surface area (TPSA) is 97.5 Å². The van der Waals surface area contributed by atoms with Crippen LogP contribution in [0.25, 0.3) is 0 Å². The molecule has 0 bridgehead atoms. The minimum Gasteiger partial charge on any atom is -0.394 e. The number of ether oxygens (including phenoxy) is 1. The van der Waals surface area contributed by atoms with Gasteiger partial charge < -0.3 is 14.9 Å². The fraction of sp³-hybridized carbons (Fsp3) is 0.357. The molecule has 112 valence electrons. The van der Waals surface area contributed by atoms with E-state index in [9.17, 15) is 9.90 Å². The highest BCUT2D eigenvalue weighted by Gasteiger charge is 2.20. The summed E-state index contributed by atoms with van der Waals surface area (Å²) in [6.45, 7) is 0.364. The predicted molar refractivity (Wildman–Crippen MR) is 73.6 cm³/mol. The van der Waals surface area contributed by atoms with Crippen molar-refractivity contribution in [1.82, 2.24) is 15.0 Å². The third-order valence-electron chi connectivity index (χ3n) is 2.93. The lowest BCUT2D eigenvalue weighted by Crippen LogP contribution is -2.16. The van der Waals surface area contributed by atoms with E-state index in [1.54, 1.807) is 0 Å². The Morgan fingerprint density at radius 3 is 2.76 bits per heavy atom. The quantitative estimate of drug-likeness (QED) is 0.680. The van der Waals surface area contributed by atoms with Crippen LogP contribution < -0.4 is 0 Å². The summed E-state index contributed by atoms with van der Waals surface area (Å²) in [5.41, 5.74) is 1.30. The number of hydrogen-bond acceptors (Lipinski definition) is 6. The van der Waals surface area contributed by atoms with Gasteiger partial charge in [-0.2, -0.15) is 0 Å². The summed E-state index contributed by atoms with van der Waals surface area (Å²) < 4.78 is 6.75. The van der Waals surface area contributed by atoms with Crippen LogP contribution in [0.1, 0.15) is 27.8 Å². The Morgan fingerprint density at radius 1 is 1.33 bits per heavy atom. The van der Waals surface area contributed by atoms with Gasteiger partial charge in [0.15, 0.2) is 12.0 Å². The largest absolute Gasteiger partial charge is 0.394 e.